The molecule has 2 aromatic heterocycles. The second kappa shape index (κ2) is 7.11. The van der Waals surface area contributed by atoms with Gasteiger partial charge in [0, 0.05) is 13.2 Å². The van der Waals surface area contributed by atoms with Crippen molar-refractivity contribution in [2.45, 2.75) is 18.2 Å². The van der Waals surface area contributed by atoms with Crippen molar-refractivity contribution in [3.05, 3.63) is 18.4 Å². The van der Waals surface area contributed by atoms with Crippen LogP contribution in [0.25, 0.3) is 11.7 Å². The van der Waals surface area contributed by atoms with Crippen LogP contribution in [0.4, 0.5) is 0 Å². The number of nitrogens with zero attached hydrogens (tertiary/aromatic N) is 2. The van der Waals surface area contributed by atoms with Gasteiger partial charge < -0.3 is 18.9 Å². The van der Waals surface area contributed by atoms with E-state index in [0.717, 1.165) is 0 Å². The molecule has 1 amide bonds. The first-order valence-corrected chi connectivity index (χ1v) is 6.96. The normalized spacial score (nSPS) is 12.3. The van der Waals surface area contributed by atoms with Crippen LogP contribution in [0.1, 0.15) is 6.92 Å². The highest BCUT2D eigenvalue weighted by atomic mass is 32.2. The van der Waals surface area contributed by atoms with Crippen LogP contribution in [0.15, 0.2) is 32.5 Å². The van der Waals surface area contributed by atoms with Crippen LogP contribution in [0.2, 0.25) is 0 Å². The average Bonchev–Trinajstić information content (AvgIpc) is 3.07. The van der Waals surface area contributed by atoms with Crippen molar-refractivity contribution in [2.24, 2.45) is 0 Å². The van der Waals surface area contributed by atoms with Crippen LogP contribution in [-0.4, -0.2) is 41.6 Å². The van der Waals surface area contributed by atoms with E-state index in [1.165, 1.54) is 18.0 Å². The summed E-state index contributed by atoms with van der Waals surface area (Å²) in [5, 5.41) is 10.8. The quantitative estimate of drug-likeness (QED) is 0.776. The topological polar surface area (TPSA) is 90.4 Å². The Morgan fingerprint density at radius 3 is 3.10 bits per heavy atom. The average molecular weight is 297 g/mol. The van der Waals surface area contributed by atoms with E-state index in [4.69, 9.17) is 13.6 Å². The van der Waals surface area contributed by atoms with E-state index in [2.05, 4.69) is 15.5 Å². The summed E-state index contributed by atoms with van der Waals surface area (Å²) >= 11 is 1.17. The number of aromatic nitrogens is 2. The molecule has 0 unspecified atom stereocenters. The maximum atomic E-state index is 11.6. The van der Waals surface area contributed by atoms with E-state index in [1.807, 2.05) is 6.92 Å². The highest BCUT2D eigenvalue weighted by Gasteiger charge is 2.13. The molecule has 2 aromatic rings. The molecule has 1 atom stereocenters. The number of thioether (sulfide) groups is 1. The Bertz CT molecular complexity index is 541. The summed E-state index contributed by atoms with van der Waals surface area (Å²) in [6.07, 6.45) is 1.52. The number of carbonyl (C=O) groups is 1. The zero-order valence-electron chi connectivity index (χ0n) is 11.2. The summed E-state index contributed by atoms with van der Waals surface area (Å²) in [5.74, 6) is 0.888. The molecule has 0 spiro atoms. The van der Waals surface area contributed by atoms with Gasteiger partial charge in [-0.2, -0.15) is 0 Å². The molecule has 1 N–H and O–H groups in total. The molecule has 0 aliphatic heterocycles. The Kier molecular flexibility index (Phi) is 5.19. The molecule has 0 saturated heterocycles. The molecule has 20 heavy (non-hydrogen) atoms. The number of ether oxygens (including phenoxy) is 1. The van der Waals surface area contributed by atoms with Gasteiger partial charge in [0.05, 0.1) is 18.6 Å². The summed E-state index contributed by atoms with van der Waals surface area (Å²) < 4.78 is 15.5. The van der Waals surface area contributed by atoms with Crippen molar-refractivity contribution in [2.75, 3.05) is 19.5 Å². The third-order valence-corrected chi connectivity index (χ3v) is 3.11. The van der Waals surface area contributed by atoms with E-state index < -0.39 is 0 Å². The molecule has 0 bridgehead atoms. The molecule has 108 valence electrons. The number of carbonyl (C=O) groups excluding carboxylic acids is 1. The van der Waals surface area contributed by atoms with Crippen molar-refractivity contribution in [1.82, 2.24) is 15.5 Å². The summed E-state index contributed by atoms with van der Waals surface area (Å²) in [4.78, 5) is 11.6. The van der Waals surface area contributed by atoms with E-state index in [9.17, 15) is 4.79 Å². The Hall–Kier alpha value is -1.80. The lowest BCUT2D eigenvalue weighted by atomic mass is 10.3. The van der Waals surface area contributed by atoms with Gasteiger partial charge in [-0.1, -0.05) is 11.8 Å². The maximum Gasteiger partial charge on any atom is 0.284 e. The van der Waals surface area contributed by atoms with Crippen molar-refractivity contribution in [3.8, 4) is 11.7 Å². The Morgan fingerprint density at radius 2 is 2.40 bits per heavy atom. The van der Waals surface area contributed by atoms with E-state index in [1.54, 1.807) is 19.2 Å². The summed E-state index contributed by atoms with van der Waals surface area (Å²) in [7, 11) is 1.59. The van der Waals surface area contributed by atoms with Gasteiger partial charge in [0.1, 0.15) is 0 Å². The fourth-order valence-corrected chi connectivity index (χ4v) is 2.08. The molecule has 0 aromatic carbocycles. The maximum absolute atomic E-state index is 11.6. The zero-order valence-corrected chi connectivity index (χ0v) is 12.0. The highest BCUT2D eigenvalue weighted by molar-refractivity contribution is 7.99. The number of hydrogen-bond donors (Lipinski definition) is 1. The fourth-order valence-electron chi connectivity index (χ4n) is 1.50. The lowest BCUT2D eigenvalue weighted by Crippen LogP contribution is -2.36. The summed E-state index contributed by atoms with van der Waals surface area (Å²) in [6, 6.07) is 3.42. The molecule has 0 radical (unpaired) electrons. The van der Waals surface area contributed by atoms with Crippen LogP contribution < -0.4 is 5.32 Å². The third kappa shape index (κ3) is 4.10. The lowest BCUT2D eigenvalue weighted by Gasteiger charge is -2.11. The molecular formula is C12H15N3O4S. The van der Waals surface area contributed by atoms with Gasteiger partial charge in [0.2, 0.25) is 5.91 Å². The van der Waals surface area contributed by atoms with Crippen LogP contribution in [0, 0.1) is 0 Å². The summed E-state index contributed by atoms with van der Waals surface area (Å²) in [6.45, 7) is 2.34. The minimum atomic E-state index is -0.114. The monoisotopic (exact) mass is 297 g/mol. The Balaban J connectivity index is 1.81. The van der Waals surface area contributed by atoms with E-state index >= 15 is 0 Å². The van der Waals surface area contributed by atoms with Gasteiger partial charge in [-0.05, 0) is 19.1 Å². The first-order chi connectivity index (χ1) is 9.69. The molecule has 8 heteroatoms. The van der Waals surface area contributed by atoms with Crippen molar-refractivity contribution >= 4 is 17.7 Å². The van der Waals surface area contributed by atoms with Gasteiger partial charge in [-0.3, -0.25) is 4.79 Å². The molecular weight excluding hydrogens is 282 g/mol. The largest absolute Gasteiger partial charge is 0.459 e. The van der Waals surface area contributed by atoms with Crippen molar-refractivity contribution < 1.29 is 18.4 Å². The predicted octanol–water partition coefficient (Wildman–Crippen LogP) is 1.57. The molecule has 2 rings (SSSR count). The second-order valence-corrected chi connectivity index (χ2v) is 4.99. The van der Waals surface area contributed by atoms with Crippen LogP contribution in [0.3, 0.4) is 0 Å². The lowest BCUT2D eigenvalue weighted by molar-refractivity contribution is -0.119. The smallest absolute Gasteiger partial charge is 0.284 e. The first kappa shape index (κ1) is 14.6. The van der Waals surface area contributed by atoms with Crippen LogP contribution in [-0.2, 0) is 9.53 Å². The van der Waals surface area contributed by atoms with Crippen molar-refractivity contribution in [1.29, 1.82) is 0 Å². The number of nitrogens with one attached hydrogen (secondary N) is 1. The highest BCUT2D eigenvalue weighted by Crippen LogP contribution is 2.23. The zero-order chi connectivity index (χ0) is 14.4. The molecule has 0 aliphatic carbocycles. The predicted molar refractivity (Wildman–Crippen MR) is 72.2 cm³/mol. The Labute approximate surface area is 120 Å². The van der Waals surface area contributed by atoms with E-state index in [0.29, 0.717) is 23.5 Å². The van der Waals surface area contributed by atoms with Gasteiger partial charge in [0.15, 0.2) is 5.76 Å². The van der Waals surface area contributed by atoms with Crippen molar-refractivity contribution in [3.63, 3.8) is 0 Å². The van der Waals surface area contributed by atoms with Crippen LogP contribution in [0.5, 0.6) is 0 Å². The van der Waals surface area contributed by atoms with E-state index in [-0.39, 0.29) is 17.7 Å². The third-order valence-electron chi connectivity index (χ3n) is 2.29. The fraction of sp³-hybridized carbons (Fsp3) is 0.417. The summed E-state index contributed by atoms with van der Waals surface area (Å²) in [5.41, 5.74) is 0. The van der Waals surface area contributed by atoms with Gasteiger partial charge >= 0.3 is 0 Å². The number of methoxy groups -OCH3 is 1. The first-order valence-electron chi connectivity index (χ1n) is 5.97. The minimum Gasteiger partial charge on any atom is -0.459 e. The van der Waals surface area contributed by atoms with Gasteiger partial charge in [-0.25, -0.2) is 0 Å². The molecule has 7 nitrogen and oxygen atoms in total. The molecule has 2 heterocycles. The molecule has 0 saturated carbocycles. The van der Waals surface area contributed by atoms with Gasteiger partial charge in [-0.15, -0.1) is 10.2 Å². The Morgan fingerprint density at radius 1 is 1.55 bits per heavy atom. The standard InChI is InChI=1S/C12H15N3O4S/c1-8(6-17-2)13-10(16)7-20-12-15-14-11(19-12)9-4-3-5-18-9/h3-5,8H,6-7H2,1-2H3,(H,13,16)/t8-/m0/s1. The molecule has 0 aliphatic rings. The SMILES string of the molecule is COC[C@H](C)NC(=O)CSc1nnc(-c2ccco2)o1. The van der Waals surface area contributed by atoms with Crippen LogP contribution >= 0.6 is 11.8 Å². The minimum absolute atomic E-state index is 0.0329. The molecule has 0 fully saturated rings. The van der Waals surface area contributed by atoms with Gasteiger partial charge in [0.25, 0.3) is 11.1 Å². The number of furan rings is 1. The number of hydrogen-bond acceptors (Lipinski definition) is 7. The second-order valence-electron chi connectivity index (χ2n) is 4.06. The number of rotatable bonds is 7. The number of amides is 1.